The lowest BCUT2D eigenvalue weighted by molar-refractivity contribution is -0.142. The third-order valence-electron chi connectivity index (χ3n) is 6.79. The highest BCUT2D eigenvalue weighted by Crippen LogP contribution is 2.48. The van der Waals surface area contributed by atoms with E-state index in [1.807, 2.05) is 32.1 Å². The molecule has 0 spiro atoms. The van der Waals surface area contributed by atoms with Crippen LogP contribution >= 0.6 is 0 Å². The third-order valence-corrected chi connectivity index (χ3v) is 6.79. The van der Waals surface area contributed by atoms with Crippen molar-refractivity contribution in [1.82, 2.24) is 9.80 Å². The number of nitrogens with zero attached hydrogens (tertiary/aromatic N) is 2. The summed E-state index contributed by atoms with van der Waals surface area (Å²) in [6.07, 6.45) is 8.34. The van der Waals surface area contributed by atoms with Gasteiger partial charge in [0.05, 0.1) is 17.9 Å². The molecule has 1 fully saturated rings. The molecule has 3 unspecified atom stereocenters. The monoisotopic (exact) mass is 437 g/mol. The first-order chi connectivity index (χ1) is 15.2. The predicted molar refractivity (Wildman–Crippen MR) is 117 cm³/mol. The van der Waals surface area contributed by atoms with Crippen LogP contribution in [0.4, 0.5) is 5.69 Å². The summed E-state index contributed by atoms with van der Waals surface area (Å²) in [6, 6.07) is 3.13. The van der Waals surface area contributed by atoms with E-state index in [-0.39, 0.29) is 23.8 Å². The first-order valence-electron chi connectivity index (χ1n) is 11.0. The standard InChI is InChI=1S/C24H27N3O5/c1-24(2)10-12-31-21-18(32-24)8-7-15-16(22(29)25-20(15)21)13-14-9-11-27-17(23(30)26(14)3)5-4-6-19(27)28/h4,6-8,10,12,14,16-17H,5,9,11,13H2,1-3H3,(H,25,29). The topological polar surface area (TPSA) is 88.2 Å². The number of carbonyl (C=O) groups excluding carboxylic acids is 3. The lowest BCUT2D eigenvalue weighted by Crippen LogP contribution is -2.49. The van der Waals surface area contributed by atoms with Crippen LogP contribution in [0.1, 0.15) is 44.6 Å². The zero-order chi connectivity index (χ0) is 22.6. The lowest BCUT2D eigenvalue weighted by atomic mass is 9.91. The second kappa shape index (κ2) is 7.39. The van der Waals surface area contributed by atoms with E-state index in [1.165, 1.54) is 6.08 Å². The molecule has 0 bridgehead atoms. The summed E-state index contributed by atoms with van der Waals surface area (Å²) < 4.78 is 11.9. The van der Waals surface area contributed by atoms with Crippen LogP contribution in [-0.4, -0.2) is 58.8 Å². The van der Waals surface area contributed by atoms with Gasteiger partial charge in [0.1, 0.15) is 11.6 Å². The smallest absolute Gasteiger partial charge is 0.246 e. The molecule has 5 rings (SSSR count). The molecule has 4 heterocycles. The molecule has 0 radical (unpaired) electrons. The van der Waals surface area contributed by atoms with Gasteiger partial charge in [0.25, 0.3) is 0 Å². The summed E-state index contributed by atoms with van der Waals surface area (Å²) in [5, 5.41) is 2.96. The molecule has 1 N–H and O–H groups in total. The molecule has 4 aliphatic rings. The largest absolute Gasteiger partial charge is 0.480 e. The highest BCUT2D eigenvalue weighted by Gasteiger charge is 2.42. The maximum atomic E-state index is 13.1. The molecular weight excluding hydrogens is 410 g/mol. The minimum atomic E-state index is -0.524. The van der Waals surface area contributed by atoms with Crippen molar-refractivity contribution in [1.29, 1.82) is 0 Å². The fraction of sp³-hybridized carbons (Fsp3) is 0.458. The normalized spacial score (nSPS) is 28.1. The third kappa shape index (κ3) is 3.34. The second-order valence-corrected chi connectivity index (χ2v) is 9.34. The molecule has 8 heteroatoms. The summed E-state index contributed by atoms with van der Waals surface area (Å²) in [5.74, 6) is 0.343. The number of benzene rings is 1. The summed E-state index contributed by atoms with van der Waals surface area (Å²) in [4.78, 5) is 41.7. The Morgan fingerprint density at radius 1 is 1.22 bits per heavy atom. The van der Waals surface area contributed by atoms with E-state index < -0.39 is 17.6 Å². The van der Waals surface area contributed by atoms with Gasteiger partial charge in [-0.3, -0.25) is 14.4 Å². The maximum Gasteiger partial charge on any atom is 0.246 e. The fourth-order valence-electron chi connectivity index (χ4n) is 4.98. The maximum absolute atomic E-state index is 13.1. The number of hydrogen-bond donors (Lipinski definition) is 1. The van der Waals surface area contributed by atoms with Crippen molar-refractivity contribution in [3.63, 3.8) is 0 Å². The first kappa shape index (κ1) is 20.6. The summed E-state index contributed by atoms with van der Waals surface area (Å²) in [7, 11) is 1.77. The number of fused-ring (bicyclic) bond motifs is 4. The lowest BCUT2D eigenvalue weighted by Gasteiger charge is -2.31. The quantitative estimate of drug-likeness (QED) is 0.768. The Balaban J connectivity index is 1.41. The van der Waals surface area contributed by atoms with Gasteiger partial charge in [-0.05, 0) is 56.9 Å². The number of amides is 3. The second-order valence-electron chi connectivity index (χ2n) is 9.34. The molecule has 1 saturated heterocycles. The Morgan fingerprint density at radius 3 is 2.84 bits per heavy atom. The number of nitrogens with one attached hydrogen (secondary N) is 1. The number of ether oxygens (including phenoxy) is 2. The van der Waals surface area contributed by atoms with Crippen molar-refractivity contribution in [3.8, 4) is 11.5 Å². The molecule has 3 amide bonds. The molecule has 0 aromatic heterocycles. The highest BCUT2D eigenvalue weighted by molar-refractivity contribution is 6.05. The number of rotatable bonds is 2. The number of carbonyl (C=O) groups is 3. The zero-order valence-corrected chi connectivity index (χ0v) is 18.5. The van der Waals surface area contributed by atoms with E-state index in [0.717, 1.165) is 5.56 Å². The fourth-order valence-corrected chi connectivity index (χ4v) is 4.98. The Bertz CT molecular complexity index is 1060. The van der Waals surface area contributed by atoms with E-state index >= 15 is 0 Å². The molecular formula is C24H27N3O5. The van der Waals surface area contributed by atoms with Gasteiger partial charge in [0, 0.05) is 19.6 Å². The minimum Gasteiger partial charge on any atom is -0.480 e. The Labute approximate surface area is 186 Å². The highest BCUT2D eigenvalue weighted by atomic mass is 16.5. The van der Waals surface area contributed by atoms with Gasteiger partial charge in [0.2, 0.25) is 17.7 Å². The van der Waals surface area contributed by atoms with Crippen molar-refractivity contribution in [2.24, 2.45) is 0 Å². The van der Waals surface area contributed by atoms with Gasteiger partial charge in [-0.2, -0.15) is 0 Å². The summed E-state index contributed by atoms with van der Waals surface area (Å²) >= 11 is 0. The van der Waals surface area contributed by atoms with Crippen molar-refractivity contribution >= 4 is 23.4 Å². The molecule has 32 heavy (non-hydrogen) atoms. The van der Waals surface area contributed by atoms with Crippen molar-refractivity contribution < 1.29 is 23.9 Å². The van der Waals surface area contributed by atoms with E-state index in [2.05, 4.69) is 5.32 Å². The van der Waals surface area contributed by atoms with Gasteiger partial charge in [-0.25, -0.2) is 0 Å². The van der Waals surface area contributed by atoms with Crippen LogP contribution in [-0.2, 0) is 14.4 Å². The van der Waals surface area contributed by atoms with E-state index in [4.69, 9.17) is 9.47 Å². The van der Waals surface area contributed by atoms with Gasteiger partial charge in [-0.1, -0.05) is 12.1 Å². The van der Waals surface area contributed by atoms with Crippen LogP contribution in [0.2, 0.25) is 0 Å². The SMILES string of the molecule is CN1C(=O)C2CC=CC(=O)N2CCC1CC1C(=O)Nc2c1ccc1c2OC=CC(C)(C)O1. The van der Waals surface area contributed by atoms with Crippen LogP contribution in [0.25, 0.3) is 0 Å². The van der Waals surface area contributed by atoms with Crippen molar-refractivity contribution in [2.75, 3.05) is 18.9 Å². The predicted octanol–water partition coefficient (Wildman–Crippen LogP) is 2.56. The van der Waals surface area contributed by atoms with E-state index in [9.17, 15) is 14.4 Å². The zero-order valence-electron chi connectivity index (χ0n) is 18.5. The molecule has 4 aliphatic heterocycles. The molecule has 0 saturated carbocycles. The summed E-state index contributed by atoms with van der Waals surface area (Å²) in [6.45, 7) is 4.36. The molecule has 0 aliphatic carbocycles. The number of hydrogen-bond acceptors (Lipinski definition) is 5. The van der Waals surface area contributed by atoms with Crippen LogP contribution in [0, 0.1) is 0 Å². The molecule has 1 aromatic carbocycles. The molecule has 8 nitrogen and oxygen atoms in total. The van der Waals surface area contributed by atoms with Gasteiger partial charge in [-0.15, -0.1) is 0 Å². The van der Waals surface area contributed by atoms with Crippen LogP contribution in [0.5, 0.6) is 11.5 Å². The minimum absolute atomic E-state index is 0.0742. The van der Waals surface area contributed by atoms with Gasteiger partial charge < -0.3 is 24.6 Å². The Morgan fingerprint density at radius 2 is 2.03 bits per heavy atom. The average molecular weight is 437 g/mol. The molecule has 3 atom stereocenters. The van der Waals surface area contributed by atoms with Crippen LogP contribution in [0.3, 0.4) is 0 Å². The summed E-state index contributed by atoms with van der Waals surface area (Å²) in [5.41, 5.74) is 0.939. The Hall–Kier alpha value is -3.29. The van der Waals surface area contributed by atoms with Gasteiger partial charge in [0.15, 0.2) is 11.5 Å². The van der Waals surface area contributed by atoms with E-state index in [0.29, 0.717) is 43.0 Å². The average Bonchev–Trinajstić information content (AvgIpc) is 2.88. The van der Waals surface area contributed by atoms with Gasteiger partial charge >= 0.3 is 0 Å². The van der Waals surface area contributed by atoms with Crippen LogP contribution in [0.15, 0.2) is 36.6 Å². The first-order valence-corrected chi connectivity index (χ1v) is 11.0. The van der Waals surface area contributed by atoms with Crippen molar-refractivity contribution in [3.05, 3.63) is 42.2 Å². The molecule has 1 aromatic rings. The number of likely N-dealkylation sites (N-methyl/N-ethyl adjacent to an activating group) is 1. The van der Waals surface area contributed by atoms with E-state index in [1.54, 1.807) is 29.2 Å². The number of anilines is 1. The van der Waals surface area contributed by atoms with Crippen LogP contribution < -0.4 is 14.8 Å². The Kier molecular flexibility index (Phi) is 4.76. The van der Waals surface area contributed by atoms with Crippen molar-refractivity contribution in [2.45, 2.75) is 56.7 Å². The molecule has 168 valence electrons.